The van der Waals surface area contributed by atoms with Gasteiger partial charge in [0.25, 0.3) is 6.67 Å². The van der Waals surface area contributed by atoms with Gasteiger partial charge in [0.2, 0.25) is 0 Å². The summed E-state index contributed by atoms with van der Waals surface area (Å²) in [6.45, 7) is 2.30. The maximum atomic E-state index is 9.15. The Morgan fingerprint density at radius 2 is 1.45 bits per heavy atom. The van der Waals surface area contributed by atoms with Crippen molar-refractivity contribution >= 4 is 0 Å². The van der Waals surface area contributed by atoms with E-state index in [-0.39, 0.29) is 22.2 Å². The molecule has 2 rings (SSSR count). The number of rotatable bonds is 0. The van der Waals surface area contributed by atoms with Crippen molar-refractivity contribution in [2.75, 3.05) is 0 Å². The van der Waals surface area contributed by atoms with Crippen LogP contribution in [0, 0.1) is 6.67 Å². The number of phenols is 2. The van der Waals surface area contributed by atoms with E-state index >= 15 is 0 Å². The van der Waals surface area contributed by atoms with E-state index in [1.807, 2.05) is 0 Å². The van der Waals surface area contributed by atoms with Crippen molar-refractivity contribution in [2.24, 2.45) is 9.98 Å². The van der Waals surface area contributed by atoms with Gasteiger partial charge in [-0.15, -0.1) is 0 Å². The average molecular weight is 148 g/mol. The predicted molar refractivity (Wildman–Crippen MR) is 35.3 cm³/mol. The van der Waals surface area contributed by atoms with Crippen molar-refractivity contribution in [2.45, 2.75) is 0 Å². The highest BCUT2D eigenvalue weighted by Gasteiger charge is 2.06. The summed E-state index contributed by atoms with van der Waals surface area (Å²) < 4.78 is 0. The van der Waals surface area contributed by atoms with Crippen LogP contribution >= 0.6 is 0 Å². The molecule has 54 valence electrons. The molecular weight excluding hydrogens is 144 g/mol. The van der Waals surface area contributed by atoms with E-state index in [1.165, 1.54) is 12.1 Å². The maximum absolute atomic E-state index is 9.15. The molecule has 0 atom stereocenters. The zero-order valence-corrected chi connectivity index (χ0v) is 5.44. The van der Waals surface area contributed by atoms with Crippen molar-refractivity contribution in [3.63, 3.8) is 0 Å². The van der Waals surface area contributed by atoms with Crippen LogP contribution in [-0.4, -0.2) is 10.2 Å². The van der Waals surface area contributed by atoms with Gasteiger partial charge < -0.3 is 10.2 Å². The number of phenolic OH excluding ortho intramolecular Hbond substituents is 2. The van der Waals surface area contributed by atoms with E-state index in [9.17, 15) is 0 Å². The van der Waals surface area contributed by atoms with Gasteiger partial charge in [-0.3, -0.25) is 0 Å². The Morgan fingerprint density at radius 3 is 1.91 bits per heavy atom. The largest absolute Gasteiger partial charge is 0.506 e. The van der Waals surface area contributed by atoms with Crippen LogP contribution in [0.2, 0.25) is 0 Å². The van der Waals surface area contributed by atoms with Crippen LogP contribution in [0.4, 0.5) is 0 Å². The zero-order chi connectivity index (χ0) is 7.84. The zero-order valence-electron chi connectivity index (χ0n) is 5.44. The molecule has 2 N–H and O–H groups in total. The molecule has 1 aromatic rings. The predicted octanol–water partition coefficient (Wildman–Crippen LogP) is -0.653. The van der Waals surface area contributed by atoms with Crippen LogP contribution in [-0.2, 0) is 0 Å². The first kappa shape index (κ1) is 6.15. The molecule has 1 aliphatic heterocycles. The molecule has 0 amide bonds. The first-order valence-corrected chi connectivity index (χ1v) is 3.00. The first-order valence-electron chi connectivity index (χ1n) is 3.00. The number of aromatic hydroxyl groups is 2. The minimum Gasteiger partial charge on any atom is -0.506 e. The van der Waals surface area contributed by atoms with Crippen LogP contribution < -0.4 is 10.7 Å². The lowest BCUT2D eigenvalue weighted by molar-refractivity contribution is 0.449. The number of fused-ring (bicyclic) bond motifs is 1. The van der Waals surface area contributed by atoms with E-state index in [4.69, 9.17) is 10.2 Å². The lowest BCUT2D eigenvalue weighted by Gasteiger charge is -1.91. The van der Waals surface area contributed by atoms with Gasteiger partial charge in [-0.05, 0) is 12.1 Å². The molecule has 0 saturated carbocycles. The van der Waals surface area contributed by atoms with E-state index in [0.717, 1.165) is 0 Å². The molecule has 0 unspecified atom stereocenters. The molecule has 0 aromatic heterocycles. The molecule has 11 heavy (non-hydrogen) atoms. The Hall–Kier alpha value is -1.58. The molecule has 0 aliphatic carbocycles. The van der Waals surface area contributed by atoms with Crippen LogP contribution in [0.1, 0.15) is 0 Å². The van der Waals surface area contributed by atoms with Crippen molar-refractivity contribution in [1.82, 2.24) is 0 Å². The molecule has 0 bridgehead atoms. The fraction of sp³-hybridized carbons (Fsp3) is 0. The summed E-state index contributed by atoms with van der Waals surface area (Å²) in [4.78, 5) is 7.27. The summed E-state index contributed by atoms with van der Waals surface area (Å²) in [5, 5.41) is 18.9. The molecule has 1 aliphatic rings. The Bertz CT molecular complexity index is 372. The van der Waals surface area contributed by atoms with Crippen molar-refractivity contribution < 1.29 is 10.2 Å². The molecule has 0 fully saturated rings. The van der Waals surface area contributed by atoms with Gasteiger partial charge in [0, 0.05) is 0 Å². The summed E-state index contributed by atoms with van der Waals surface area (Å²) in [7, 11) is 0. The average Bonchev–Trinajstić information content (AvgIpc) is 2.45. The summed E-state index contributed by atoms with van der Waals surface area (Å²) in [6, 6.07) is 2.72. The number of hydrogen-bond acceptors (Lipinski definition) is 4. The van der Waals surface area contributed by atoms with Crippen molar-refractivity contribution in [3.8, 4) is 11.5 Å². The second-order valence-electron chi connectivity index (χ2n) is 2.12. The summed E-state index contributed by atoms with van der Waals surface area (Å²) in [6.07, 6.45) is 0. The third-order valence-corrected chi connectivity index (χ3v) is 1.43. The highest BCUT2D eigenvalue weighted by Crippen LogP contribution is 2.06. The van der Waals surface area contributed by atoms with Crippen LogP contribution in [0.3, 0.4) is 0 Å². The molecule has 0 saturated heterocycles. The third-order valence-electron chi connectivity index (χ3n) is 1.43. The van der Waals surface area contributed by atoms with Gasteiger partial charge in [-0.2, -0.15) is 0 Å². The van der Waals surface area contributed by atoms with Gasteiger partial charge in [0.05, 0.1) is 0 Å². The SMILES string of the molecule is Oc1ccc(O)c2c1=N[C]N=2. The monoisotopic (exact) mass is 148 g/mol. The van der Waals surface area contributed by atoms with Gasteiger partial charge in [0.15, 0.2) is 0 Å². The Kier molecular flexibility index (Phi) is 1.09. The Morgan fingerprint density at radius 1 is 1.00 bits per heavy atom. The van der Waals surface area contributed by atoms with Gasteiger partial charge in [0.1, 0.15) is 22.2 Å². The fourth-order valence-electron chi connectivity index (χ4n) is 0.904. The van der Waals surface area contributed by atoms with Gasteiger partial charge >= 0.3 is 0 Å². The van der Waals surface area contributed by atoms with Gasteiger partial charge in [-0.25, -0.2) is 9.98 Å². The minimum absolute atomic E-state index is 0.00606. The fourth-order valence-corrected chi connectivity index (χ4v) is 0.904. The molecule has 1 aromatic carbocycles. The second-order valence-corrected chi connectivity index (χ2v) is 2.12. The first-order chi connectivity index (χ1) is 5.29. The molecule has 4 heteroatoms. The molecular formula is C7H4N2O2. The smallest absolute Gasteiger partial charge is 0.251 e. The Balaban J connectivity index is 2.98. The quantitative estimate of drug-likeness (QED) is 0.480. The van der Waals surface area contributed by atoms with Crippen LogP contribution in [0.15, 0.2) is 22.1 Å². The van der Waals surface area contributed by atoms with Gasteiger partial charge in [-0.1, -0.05) is 0 Å². The van der Waals surface area contributed by atoms with Crippen molar-refractivity contribution in [1.29, 1.82) is 0 Å². The van der Waals surface area contributed by atoms with E-state index in [1.54, 1.807) is 0 Å². The standard InChI is InChI=1S/C7H4N2O2/c10-4-1-2-5(11)7-6(4)8-3-9-7/h1-2,10-11H. The summed E-state index contributed by atoms with van der Waals surface area (Å²) >= 11 is 0. The maximum Gasteiger partial charge on any atom is 0.251 e. The molecule has 2 radical (unpaired) electrons. The highest BCUT2D eigenvalue weighted by atomic mass is 16.3. The van der Waals surface area contributed by atoms with Crippen molar-refractivity contribution in [3.05, 3.63) is 29.5 Å². The van der Waals surface area contributed by atoms with E-state index in [0.29, 0.717) is 0 Å². The summed E-state index contributed by atoms with van der Waals surface area (Å²) in [5.74, 6) is 0.0121. The summed E-state index contributed by atoms with van der Waals surface area (Å²) in [5.41, 5.74) is 0. The molecule has 1 heterocycles. The van der Waals surface area contributed by atoms with E-state index in [2.05, 4.69) is 16.7 Å². The molecule has 0 spiro atoms. The lowest BCUT2D eigenvalue weighted by Crippen LogP contribution is -2.21. The lowest BCUT2D eigenvalue weighted by atomic mass is 10.3. The number of nitrogens with zero attached hydrogens (tertiary/aromatic N) is 2. The normalized spacial score (nSPS) is 13.5. The van der Waals surface area contributed by atoms with Crippen LogP contribution in [0.25, 0.3) is 0 Å². The minimum atomic E-state index is 0.00606. The number of benzene rings is 1. The molecule has 4 nitrogen and oxygen atoms in total. The topological polar surface area (TPSA) is 65.2 Å². The number of hydrogen-bond donors (Lipinski definition) is 2. The highest BCUT2D eigenvalue weighted by molar-refractivity contribution is 5.30. The van der Waals surface area contributed by atoms with Crippen LogP contribution in [0.5, 0.6) is 11.5 Å². The Labute approximate surface area is 62.2 Å². The van der Waals surface area contributed by atoms with E-state index < -0.39 is 0 Å². The second kappa shape index (κ2) is 1.95. The third kappa shape index (κ3) is 0.756.